The zero-order valence-corrected chi connectivity index (χ0v) is 13.0. The summed E-state index contributed by atoms with van der Waals surface area (Å²) in [6.45, 7) is 8.96. The van der Waals surface area contributed by atoms with Gasteiger partial charge in [0.1, 0.15) is 0 Å². The van der Waals surface area contributed by atoms with Gasteiger partial charge in [0.15, 0.2) is 0 Å². The van der Waals surface area contributed by atoms with Gasteiger partial charge in [0.05, 0.1) is 0 Å². The van der Waals surface area contributed by atoms with Gasteiger partial charge in [-0.15, -0.1) is 0 Å². The van der Waals surface area contributed by atoms with E-state index in [0.29, 0.717) is 5.92 Å². The van der Waals surface area contributed by atoms with Crippen molar-refractivity contribution in [1.29, 1.82) is 0 Å². The summed E-state index contributed by atoms with van der Waals surface area (Å²) >= 11 is 1.97. The summed E-state index contributed by atoms with van der Waals surface area (Å²) in [6.07, 6.45) is 0.990. The quantitative estimate of drug-likeness (QED) is 0.804. The molecule has 0 aromatic heterocycles. The van der Waals surface area contributed by atoms with Crippen molar-refractivity contribution in [3.05, 3.63) is 35.4 Å². The Balaban J connectivity index is 2.37. The van der Waals surface area contributed by atoms with Crippen LogP contribution in [0.4, 0.5) is 0 Å². The SMILES string of the molecule is CC(C)CSCC(N)Cc1ccc(C(C)C)cc1. The van der Waals surface area contributed by atoms with Crippen LogP contribution in [-0.4, -0.2) is 17.5 Å². The van der Waals surface area contributed by atoms with Crippen LogP contribution in [-0.2, 0) is 6.42 Å². The number of benzene rings is 1. The second kappa shape index (κ2) is 7.85. The fourth-order valence-electron chi connectivity index (χ4n) is 1.86. The molecule has 0 bridgehead atoms. The highest BCUT2D eigenvalue weighted by atomic mass is 32.2. The second-order valence-corrected chi connectivity index (χ2v) is 6.87. The summed E-state index contributed by atoms with van der Waals surface area (Å²) in [5.74, 6) is 3.63. The van der Waals surface area contributed by atoms with E-state index in [1.54, 1.807) is 0 Å². The van der Waals surface area contributed by atoms with Gasteiger partial charge in [0, 0.05) is 11.8 Å². The van der Waals surface area contributed by atoms with Gasteiger partial charge in [-0.1, -0.05) is 52.0 Å². The highest BCUT2D eigenvalue weighted by molar-refractivity contribution is 7.99. The van der Waals surface area contributed by atoms with Gasteiger partial charge in [0.25, 0.3) is 0 Å². The third-order valence-electron chi connectivity index (χ3n) is 2.93. The lowest BCUT2D eigenvalue weighted by atomic mass is 10.00. The highest BCUT2D eigenvalue weighted by Gasteiger charge is 2.06. The van der Waals surface area contributed by atoms with E-state index in [-0.39, 0.29) is 6.04 Å². The van der Waals surface area contributed by atoms with Crippen LogP contribution in [0.15, 0.2) is 24.3 Å². The van der Waals surface area contributed by atoms with E-state index in [0.717, 1.165) is 18.1 Å². The average molecular weight is 265 g/mol. The Morgan fingerprint density at radius 2 is 1.61 bits per heavy atom. The molecule has 1 nitrogen and oxygen atoms in total. The maximum atomic E-state index is 6.17. The first-order valence-electron chi connectivity index (χ1n) is 6.91. The van der Waals surface area contributed by atoms with Crippen molar-refractivity contribution in [3.63, 3.8) is 0 Å². The minimum atomic E-state index is 0.277. The molecule has 0 aliphatic carbocycles. The van der Waals surface area contributed by atoms with E-state index in [4.69, 9.17) is 5.73 Å². The van der Waals surface area contributed by atoms with E-state index in [9.17, 15) is 0 Å². The van der Waals surface area contributed by atoms with Crippen molar-refractivity contribution in [2.24, 2.45) is 11.7 Å². The molecule has 0 aliphatic heterocycles. The fraction of sp³-hybridized carbons (Fsp3) is 0.625. The lowest BCUT2D eigenvalue weighted by Crippen LogP contribution is -2.26. The van der Waals surface area contributed by atoms with Gasteiger partial charge in [-0.25, -0.2) is 0 Å². The van der Waals surface area contributed by atoms with Gasteiger partial charge < -0.3 is 5.73 Å². The number of rotatable bonds is 7. The first-order chi connectivity index (χ1) is 8.49. The molecule has 1 atom stereocenters. The minimum absolute atomic E-state index is 0.277. The summed E-state index contributed by atoms with van der Waals surface area (Å²) in [6, 6.07) is 9.19. The molecule has 0 spiro atoms. The molecular weight excluding hydrogens is 238 g/mol. The first-order valence-corrected chi connectivity index (χ1v) is 8.06. The Hall–Kier alpha value is -0.470. The molecule has 18 heavy (non-hydrogen) atoms. The Kier molecular flexibility index (Phi) is 6.80. The van der Waals surface area contributed by atoms with Crippen LogP contribution in [0.1, 0.15) is 44.7 Å². The van der Waals surface area contributed by atoms with Crippen LogP contribution in [0.5, 0.6) is 0 Å². The largest absolute Gasteiger partial charge is 0.327 e. The molecular formula is C16H27NS. The Bertz CT molecular complexity index is 329. The molecule has 0 heterocycles. The zero-order chi connectivity index (χ0) is 13.5. The zero-order valence-electron chi connectivity index (χ0n) is 12.1. The maximum Gasteiger partial charge on any atom is 0.0171 e. The summed E-state index contributed by atoms with van der Waals surface area (Å²) in [5.41, 5.74) is 8.93. The summed E-state index contributed by atoms with van der Waals surface area (Å²) in [7, 11) is 0. The monoisotopic (exact) mass is 265 g/mol. The topological polar surface area (TPSA) is 26.0 Å². The third kappa shape index (κ3) is 5.92. The van der Waals surface area contributed by atoms with Crippen LogP contribution < -0.4 is 5.73 Å². The molecule has 0 saturated carbocycles. The van der Waals surface area contributed by atoms with Crippen LogP contribution >= 0.6 is 11.8 Å². The van der Waals surface area contributed by atoms with Crippen molar-refractivity contribution < 1.29 is 0 Å². The molecule has 2 heteroatoms. The van der Waals surface area contributed by atoms with Gasteiger partial charge in [-0.05, 0) is 35.1 Å². The third-order valence-corrected chi connectivity index (χ3v) is 4.49. The molecule has 2 N–H and O–H groups in total. The summed E-state index contributed by atoms with van der Waals surface area (Å²) < 4.78 is 0. The molecule has 0 radical (unpaired) electrons. The van der Waals surface area contributed by atoms with E-state index in [2.05, 4.69) is 52.0 Å². The molecule has 0 saturated heterocycles. The number of thioether (sulfide) groups is 1. The molecule has 1 unspecified atom stereocenters. The van der Waals surface area contributed by atoms with Crippen molar-refractivity contribution in [1.82, 2.24) is 0 Å². The predicted octanol–water partition coefficient (Wildman–Crippen LogP) is 4.07. The van der Waals surface area contributed by atoms with Crippen molar-refractivity contribution in [2.45, 2.75) is 46.1 Å². The van der Waals surface area contributed by atoms with Gasteiger partial charge in [-0.3, -0.25) is 0 Å². The van der Waals surface area contributed by atoms with Crippen LogP contribution in [0.25, 0.3) is 0 Å². The van der Waals surface area contributed by atoms with Crippen LogP contribution in [0.3, 0.4) is 0 Å². The average Bonchev–Trinajstić information content (AvgIpc) is 2.29. The lowest BCUT2D eigenvalue weighted by molar-refractivity contribution is 0.731. The van der Waals surface area contributed by atoms with E-state index < -0.39 is 0 Å². The minimum Gasteiger partial charge on any atom is -0.327 e. The molecule has 0 amide bonds. The van der Waals surface area contributed by atoms with Crippen LogP contribution in [0.2, 0.25) is 0 Å². The smallest absolute Gasteiger partial charge is 0.0171 e. The summed E-state index contributed by atoms with van der Waals surface area (Å²) in [4.78, 5) is 0. The Labute approximate surface area is 117 Å². The van der Waals surface area contributed by atoms with Crippen molar-refractivity contribution in [2.75, 3.05) is 11.5 Å². The normalized spacial score (nSPS) is 13.3. The molecule has 0 aliphatic rings. The van der Waals surface area contributed by atoms with Gasteiger partial charge in [-0.2, -0.15) is 11.8 Å². The Morgan fingerprint density at radius 1 is 1.00 bits per heavy atom. The predicted molar refractivity (Wildman–Crippen MR) is 84.4 cm³/mol. The first kappa shape index (κ1) is 15.6. The Morgan fingerprint density at radius 3 is 2.11 bits per heavy atom. The van der Waals surface area contributed by atoms with Crippen molar-refractivity contribution >= 4 is 11.8 Å². The highest BCUT2D eigenvalue weighted by Crippen LogP contribution is 2.16. The molecule has 0 fully saturated rings. The number of hydrogen-bond donors (Lipinski definition) is 1. The number of nitrogens with two attached hydrogens (primary N) is 1. The van der Waals surface area contributed by atoms with Crippen LogP contribution in [0, 0.1) is 5.92 Å². The standard InChI is InChI=1S/C16H27NS/c1-12(2)10-18-11-16(17)9-14-5-7-15(8-6-14)13(3)4/h5-8,12-13,16H,9-11,17H2,1-4H3. The molecule has 1 aromatic carbocycles. The van der Waals surface area contributed by atoms with Gasteiger partial charge >= 0.3 is 0 Å². The van der Waals surface area contributed by atoms with E-state index in [1.807, 2.05) is 11.8 Å². The maximum absolute atomic E-state index is 6.17. The molecule has 1 rings (SSSR count). The second-order valence-electron chi connectivity index (χ2n) is 5.79. The summed E-state index contributed by atoms with van der Waals surface area (Å²) in [5, 5.41) is 0. The van der Waals surface area contributed by atoms with E-state index >= 15 is 0 Å². The van der Waals surface area contributed by atoms with E-state index in [1.165, 1.54) is 16.9 Å². The lowest BCUT2D eigenvalue weighted by Gasteiger charge is -2.13. The fourth-order valence-corrected chi connectivity index (χ4v) is 2.88. The molecule has 1 aromatic rings. The van der Waals surface area contributed by atoms with Gasteiger partial charge in [0.2, 0.25) is 0 Å². The van der Waals surface area contributed by atoms with Crippen molar-refractivity contribution in [3.8, 4) is 0 Å². The molecule has 102 valence electrons. The number of hydrogen-bond acceptors (Lipinski definition) is 2.